The number of para-hydroxylation sites is 1. The minimum absolute atomic E-state index is 0.0940. The molecule has 1 N–H and O–H groups in total. The molecule has 2 aromatic rings. The van der Waals surface area contributed by atoms with Gasteiger partial charge in [0, 0.05) is 13.6 Å². The number of halogens is 2. The van der Waals surface area contributed by atoms with E-state index < -0.39 is 0 Å². The third-order valence-corrected chi connectivity index (χ3v) is 4.54. The molecule has 1 amide bonds. The number of nitrogens with one attached hydrogen (secondary N) is 1. The Hall–Kier alpha value is -1.08. The number of benzene rings is 2. The molecule has 1 unspecified atom stereocenters. The Bertz CT molecular complexity index is 675. The molecule has 0 saturated heterocycles. The van der Waals surface area contributed by atoms with Crippen molar-refractivity contribution in [1.29, 1.82) is 0 Å². The maximum Gasteiger partial charge on any atom is 0.253 e. The smallest absolute Gasteiger partial charge is 0.253 e. The predicted octanol–water partition coefficient (Wildman–Crippen LogP) is 3.92. The lowest BCUT2D eigenvalue weighted by Gasteiger charge is -2.13. The minimum atomic E-state index is -0.0966. The molecular weight excluding hydrogens is 433 g/mol. The van der Waals surface area contributed by atoms with E-state index in [1.54, 1.807) is 0 Å². The Morgan fingerprint density at radius 2 is 2.10 bits per heavy atom. The molecule has 20 heavy (non-hydrogen) atoms. The zero-order chi connectivity index (χ0) is 14.1. The number of amides is 1. The fraction of sp³-hybridized carbons (Fsp3) is 0.133. The van der Waals surface area contributed by atoms with Crippen LogP contribution in [0.5, 0.6) is 5.75 Å². The van der Waals surface area contributed by atoms with E-state index in [2.05, 4.69) is 43.8 Å². The van der Waals surface area contributed by atoms with Crippen LogP contribution in [0.1, 0.15) is 22.0 Å². The van der Waals surface area contributed by atoms with Gasteiger partial charge in [-0.3, -0.25) is 4.79 Å². The molecule has 2 aromatic carbocycles. The van der Waals surface area contributed by atoms with Crippen molar-refractivity contribution < 1.29 is 9.53 Å². The predicted molar refractivity (Wildman–Crippen MR) is 89.0 cm³/mol. The monoisotopic (exact) mass is 443 g/mol. The van der Waals surface area contributed by atoms with Crippen LogP contribution in [0, 0.1) is 3.57 Å². The van der Waals surface area contributed by atoms with Gasteiger partial charge in [-0.25, -0.2) is 0 Å². The molecule has 0 saturated carbocycles. The lowest BCUT2D eigenvalue weighted by molar-refractivity contribution is 0.0929. The van der Waals surface area contributed by atoms with Gasteiger partial charge in [-0.2, -0.15) is 0 Å². The van der Waals surface area contributed by atoms with E-state index in [1.165, 1.54) is 0 Å². The first kappa shape index (κ1) is 13.9. The largest absolute Gasteiger partial charge is 0.491 e. The van der Waals surface area contributed by atoms with Gasteiger partial charge in [-0.1, -0.05) is 18.2 Å². The molecule has 3 rings (SSSR count). The first-order valence-corrected chi connectivity index (χ1v) is 8.00. The van der Waals surface area contributed by atoms with Crippen molar-refractivity contribution in [2.45, 2.75) is 6.04 Å². The van der Waals surface area contributed by atoms with Crippen LogP contribution >= 0.6 is 38.5 Å². The van der Waals surface area contributed by atoms with Crippen molar-refractivity contribution in [3.8, 4) is 5.75 Å². The first-order valence-electron chi connectivity index (χ1n) is 6.13. The van der Waals surface area contributed by atoms with Crippen LogP contribution in [0.25, 0.3) is 0 Å². The third-order valence-electron chi connectivity index (χ3n) is 3.18. The van der Waals surface area contributed by atoms with E-state index in [4.69, 9.17) is 4.74 Å². The lowest BCUT2D eigenvalue weighted by Crippen LogP contribution is -2.29. The second-order valence-corrected chi connectivity index (χ2v) is 6.60. The Morgan fingerprint density at radius 1 is 1.30 bits per heavy atom. The van der Waals surface area contributed by atoms with Crippen LogP contribution in [0.15, 0.2) is 46.9 Å². The summed E-state index contributed by atoms with van der Waals surface area (Å²) in [4.78, 5) is 12.4. The normalized spacial score (nSPS) is 16.4. The Kier molecular flexibility index (Phi) is 3.98. The fourth-order valence-electron chi connectivity index (χ4n) is 2.19. The number of hydrogen-bond donors (Lipinski definition) is 1. The van der Waals surface area contributed by atoms with Crippen LogP contribution in [-0.4, -0.2) is 12.5 Å². The highest BCUT2D eigenvalue weighted by Crippen LogP contribution is 2.32. The number of hydrogen-bond acceptors (Lipinski definition) is 2. The average molecular weight is 444 g/mol. The summed E-state index contributed by atoms with van der Waals surface area (Å²) >= 11 is 5.61. The lowest BCUT2D eigenvalue weighted by atomic mass is 10.1. The molecule has 0 aromatic heterocycles. The number of carbonyl (C=O) groups is 1. The highest BCUT2D eigenvalue weighted by Gasteiger charge is 2.26. The Morgan fingerprint density at radius 3 is 2.95 bits per heavy atom. The summed E-state index contributed by atoms with van der Waals surface area (Å²) in [6.07, 6.45) is 0. The van der Waals surface area contributed by atoms with Crippen molar-refractivity contribution in [3.63, 3.8) is 0 Å². The molecule has 1 aliphatic heterocycles. The molecule has 3 nitrogen and oxygen atoms in total. The molecule has 1 aliphatic rings. The third kappa shape index (κ3) is 2.69. The summed E-state index contributed by atoms with van der Waals surface area (Å²) in [6, 6.07) is 13.4. The average Bonchev–Trinajstić information content (AvgIpc) is 2.85. The zero-order valence-corrected chi connectivity index (χ0v) is 14.1. The van der Waals surface area contributed by atoms with Crippen molar-refractivity contribution in [3.05, 3.63) is 61.6 Å². The van der Waals surface area contributed by atoms with Gasteiger partial charge in [0.1, 0.15) is 12.4 Å². The number of ether oxygens (including phenoxy) is 1. The van der Waals surface area contributed by atoms with Crippen molar-refractivity contribution in [2.24, 2.45) is 0 Å². The molecule has 0 aliphatic carbocycles. The number of rotatable bonds is 2. The molecule has 0 spiro atoms. The van der Waals surface area contributed by atoms with Gasteiger partial charge < -0.3 is 10.1 Å². The molecule has 1 heterocycles. The van der Waals surface area contributed by atoms with Crippen molar-refractivity contribution in [1.82, 2.24) is 5.32 Å². The summed E-state index contributed by atoms with van der Waals surface area (Å²) < 4.78 is 7.39. The highest BCUT2D eigenvalue weighted by molar-refractivity contribution is 14.1. The molecule has 5 heteroatoms. The van der Waals surface area contributed by atoms with Gasteiger partial charge in [-0.15, -0.1) is 0 Å². The summed E-state index contributed by atoms with van der Waals surface area (Å²) in [5.41, 5.74) is 1.67. The van der Waals surface area contributed by atoms with Crippen LogP contribution in [0.2, 0.25) is 0 Å². The Labute approximate surface area is 139 Å². The van der Waals surface area contributed by atoms with E-state index in [9.17, 15) is 4.79 Å². The van der Waals surface area contributed by atoms with E-state index in [0.29, 0.717) is 12.2 Å². The van der Waals surface area contributed by atoms with E-state index in [1.807, 2.05) is 42.5 Å². The van der Waals surface area contributed by atoms with Crippen molar-refractivity contribution in [2.75, 3.05) is 6.61 Å². The molecule has 1 atom stereocenters. The molecule has 102 valence electrons. The van der Waals surface area contributed by atoms with Gasteiger partial charge in [-0.05, 0) is 62.8 Å². The fourth-order valence-corrected chi connectivity index (χ4v) is 3.11. The second kappa shape index (κ2) is 5.73. The van der Waals surface area contributed by atoms with Gasteiger partial charge in [0.15, 0.2) is 0 Å². The first-order chi connectivity index (χ1) is 9.65. The molecule has 0 bridgehead atoms. The van der Waals surface area contributed by atoms with Gasteiger partial charge in [0.05, 0.1) is 11.6 Å². The topological polar surface area (TPSA) is 38.3 Å². The van der Waals surface area contributed by atoms with Crippen molar-refractivity contribution >= 4 is 44.4 Å². The standard InChI is InChI=1S/C15H11BrINO2/c16-12-6-5-9(17)7-11(12)15(19)18-13-8-20-14-4-2-1-3-10(13)14/h1-7,13H,8H2,(H,18,19). The summed E-state index contributed by atoms with van der Waals surface area (Å²) in [6.45, 7) is 0.479. The summed E-state index contributed by atoms with van der Waals surface area (Å²) in [5.74, 6) is 0.750. The maximum atomic E-state index is 12.4. The van der Waals surface area contributed by atoms with Crippen LogP contribution in [-0.2, 0) is 0 Å². The van der Waals surface area contributed by atoms with Crippen LogP contribution < -0.4 is 10.1 Å². The highest BCUT2D eigenvalue weighted by atomic mass is 127. The summed E-state index contributed by atoms with van der Waals surface area (Å²) in [7, 11) is 0. The van der Waals surface area contributed by atoms with Crippen LogP contribution in [0.4, 0.5) is 0 Å². The minimum Gasteiger partial charge on any atom is -0.491 e. The van der Waals surface area contributed by atoms with Gasteiger partial charge in [0.2, 0.25) is 0 Å². The maximum absolute atomic E-state index is 12.4. The zero-order valence-electron chi connectivity index (χ0n) is 10.4. The van der Waals surface area contributed by atoms with E-state index in [0.717, 1.165) is 19.4 Å². The summed E-state index contributed by atoms with van der Waals surface area (Å²) in [5, 5.41) is 3.02. The van der Waals surface area contributed by atoms with Crippen LogP contribution in [0.3, 0.4) is 0 Å². The molecule has 0 fully saturated rings. The molecular formula is C15H11BrINO2. The SMILES string of the molecule is O=C(NC1COc2ccccc21)c1cc(I)ccc1Br. The molecule has 0 radical (unpaired) electrons. The van der Waals surface area contributed by atoms with E-state index in [-0.39, 0.29) is 11.9 Å². The van der Waals surface area contributed by atoms with Gasteiger partial charge >= 0.3 is 0 Å². The van der Waals surface area contributed by atoms with E-state index >= 15 is 0 Å². The Balaban J connectivity index is 1.82. The number of carbonyl (C=O) groups excluding carboxylic acids is 1. The second-order valence-electron chi connectivity index (χ2n) is 4.50. The van der Waals surface area contributed by atoms with Gasteiger partial charge in [0.25, 0.3) is 5.91 Å². The quantitative estimate of drug-likeness (QED) is 0.714. The number of fused-ring (bicyclic) bond motifs is 1.